The van der Waals surface area contributed by atoms with E-state index in [1.54, 1.807) is 4.90 Å². The average molecular weight is 458 g/mol. The molecule has 3 rings (SSSR count). The summed E-state index contributed by atoms with van der Waals surface area (Å²) in [5.41, 5.74) is 2.96. The van der Waals surface area contributed by atoms with Crippen molar-refractivity contribution in [3.05, 3.63) is 89.2 Å². The minimum atomic E-state index is -4.41. The van der Waals surface area contributed by atoms with E-state index in [2.05, 4.69) is 41.9 Å². The summed E-state index contributed by atoms with van der Waals surface area (Å²) in [4.78, 5) is 14.7. The highest BCUT2D eigenvalue weighted by molar-refractivity contribution is 5.89. The highest BCUT2D eigenvalue weighted by atomic mass is 19.4. The number of urea groups is 1. The number of nitrogens with zero attached hydrogens (tertiary/aromatic N) is 2. The standard InChI is InChI=1S/C26H30F3N3O/c1-3-4-5-15-32(25(33)30-23-13-11-22(12-14-23)26(27,28)29)19-24-10-7-16-31(24)18-21-9-6-8-20(2)17-21/h6-14,16-17H,3-5,15,18-19H2,1-2H3,(H,30,33). The van der Waals surface area contributed by atoms with Gasteiger partial charge in [0.1, 0.15) is 0 Å². The van der Waals surface area contributed by atoms with Crippen LogP contribution >= 0.6 is 0 Å². The lowest BCUT2D eigenvalue weighted by Crippen LogP contribution is -2.36. The Bertz CT molecular complexity index is 1040. The monoisotopic (exact) mass is 457 g/mol. The molecule has 0 aliphatic heterocycles. The van der Waals surface area contributed by atoms with Crippen LogP contribution in [0, 0.1) is 6.92 Å². The number of nitrogens with one attached hydrogen (secondary N) is 1. The largest absolute Gasteiger partial charge is 0.416 e. The maximum absolute atomic E-state index is 13.0. The second kappa shape index (κ2) is 11.1. The molecule has 0 saturated carbocycles. The molecule has 2 aromatic carbocycles. The van der Waals surface area contributed by atoms with E-state index in [1.165, 1.54) is 23.3 Å². The maximum atomic E-state index is 13.0. The molecule has 0 unspecified atom stereocenters. The predicted octanol–water partition coefficient (Wildman–Crippen LogP) is 7.09. The molecule has 0 aliphatic rings. The molecular weight excluding hydrogens is 427 g/mol. The first-order valence-corrected chi connectivity index (χ1v) is 11.2. The van der Waals surface area contributed by atoms with Gasteiger partial charge in [0.2, 0.25) is 0 Å². The highest BCUT2D eigenvalue weighted by Crippen LogP contribution is 2.29. The Hall–Kier alpha value is -3.22. The molecule has 1 N–H and O–H groups in total. The fraction of sp³-hybridized carbons (Fsp3) is 0.346. The number of carbonyl (C=O) groups excluding carboxylic acids is 1. The van der Waals surface area contributed by atoms with Gasteiger partial charge in [0.05, 0.1) is 12.1 Å². The number of alkyl halides is 3. The van der Waals surface area contributed by atoms with Crippen LogP contribution in [-0.4, -0.2) is 22.0 Å². The van der Waals surface area contributed by atoms with Gasteiger partial charge in [0.15, 0.2) is 0 Å². The first-order chi connectivity index (χ1) is 15.8. The van der Waals surface area contributed by atoms with Crippen LogP contribution in [0.15, 0.2) is 66.9 Å². The van der Waals surface area contributed by atoms with E-state index in [0.29, 0.717) is 25.3 Å². The van der Waals surface area contributed by atoms with Gasteiger partial charge < -0.3 is 14.8 Å². The first kappa shape index (κ1) is 24.4. The predicted molar refractivity (Wildman–Crippen MR) is 125 cm³/mol. The number of aryl methyl sites for hydroxylation is 1. The fourth-order valence-electron chi connectivity index (χ4n) is 3.70. The van der Waals surface area contributed by atoms with Crippen molar-refractivity contribution in [1.29, 1.82) is 0 Å². The number of anilines is 1. The van der Waals surface area contributed by atoms with Crippen molar-refractivity contribution < 1.29 is 18.0 Å². The number of halogens is 3. The normalized spacial score (nSPS) is 11.4. The van der Waals surface area contributed by atoms with E-state index in [-0.39, 0.29) is 6.03 Å². The minimum Gasteiger partial charge on any atom is -0.345 e. The summed E-state index contributed by atoms with van der Waals surface area (Å²) >= 11 is 0. The van der Waals surface area contributed by atoms with Crippen molar-refractivity contribution in [2.45, 2.75) is 52.4 Å². The third-order valence-electron chi connectivity index (χ3n) is 5.49. The molecule has 2 amide bonds. The summed E-state index contributed by atoms with van der Waals surface area (Å²) in [5, 5.41) is 2.75. The molecule has 1 aromatic heterocycles. The Labute approximate surface area is 193 Å². The Kier molecular flexibility index (Phi) is 8.20. The molecule has 7 heteroatoms. The molecule has 4 nitrogen and oxygen atoms in total. The number of unbranched alkanes of at least 4 members (excludes halogenated alkanes) is 2. The van der Waals surface area contributed by atoms with Crippen molar-refractivity contribution in [3.63, 3.8) is 0 Å². The average Bonchev–Trinajstić information content (AvgIpc) is 3.19. The van der Waals surface area contributed by atoms with Crippen LogP contribution in [0.5, 0.6) is 0 Å². The van der Waals surface area contributed by atoms with E-state index >= 15 is 0 Å². The molecule has 3 aromatic rings. The summed E-state index contributed by atoms with van der Waals surface area (Å²) in [5.74, 6) is 0. The Morgan fingerprint density at radius 3 is 2.45 bits per heavy atom. The quantitative estimate of drug-likeness (QED) is 0.342. The minimum absolute atomic E-state index is 0.325. The van der Waals surface area contributed by atoms with Gasteiger partial charge in [-0.05, 0) is 55.3 Å². The number of benzene rings is 2. The van der Waals surface area contributed by atoms with Crippen molar-refractivity contribution in [2.75, 3.05) is 11.9 Å². The van der Waals surface area contributed by atoms with Crippen LogP contribution in [0.3, 0.4) is 0 Å². The van der Waals surface area contributed by atoms with Gasteiger partial charge in [-0.25, -0.2) is 4.79 Å². The van der Waals surface area contributed by atoms with E-state index in [9.17, 15) is 18.0 Å². The van der Waals surface area contributed by atoms with Crippen LogP contribution in [0.2, 0.25) is 0 Å². The number of hydrogen-bond donors (Lipinski definition) is 1. The van der Waals surface area contributed by atoms with Crippen LogP contribution in [0.4, 0.5) is 23.7 Å². The summed E-state index contributed by atoms with van der Waals surface area (Å²) in [6.07, 6.45) is 0.467. The van der Waals surface area contributed by atoms with Crippen molar-refractivity contribution in [1.82, 2.24) is 9.47 Å². The lowest BCUT2D eigenvalue weighted by atomic mass is 10.1. The van der Waals surface area contributed by atoms with E-state index in [1.807, 2.05) is 24.4 Å². The summed E-state index contributed by atoms with van der Waals surface area (Å²) < 4.78 is 40.6. The zero-order valence-corrected chi connectivity index (χ0v) is 19.0. The van der Waals surface area contributed by atoms with Crippen LogP contribution < -0.4 is 5.32 Å². The molecule has 0 bridgehead atoms. The lowest BCUT2D eigenvalue weighted by molar-refractivity contribution is -0.137. The molecule has 0 radical (unpaired) electrons. The van der Waals surface area contributed by atoms with Crippen LogP contribution in [-0.2, 0) is 19.3 Å². The topological polar surface area (TPSA) is 37.3 Å². The number of hydrogen-bond acceptors (Lipinski definition) is 1. The third-order valence-corrected chi connectivity index (χ3v) is 5.49. The van der Waals surface area contributed by atoms with Gasteiger partial charge in [0.25, 0.3) is 0 Å². The second-order valence-corrected chi connectivity index (χ2v) is 8.25. The zero-order valence-electron chi connectivity index (χ0n) is 19.0. The Balaban J connectivity index is 1.72. The number of carbonyl (C=O) groups is 1. The van der Waals surface area contributed by atoms with Gasteiger partial charge in [-0.2, -0.15) is 13.2 Å². The Morgan fingerprint density at radius 2 is 1.79 bits per heavy atom. The van der Waals surface area contributed by atoms with Crippen molar-refractivity contribution in [2.24, 2.45) is 0 Å². The van der Waals surface area contributed by atoms with Gasteiger partial charge in [-0.3, -0.25) is 0 Å². The number of aromatic nitrogens is 1. The summed E-state index contributed by atoms with van der Waals surface area (Å²) in [6.45, 7) is 5.83. The first-order valence-electron chi connectivity index (χ1n) is 11.2. The maximum Gasteiger partial charge on any atom is 0.416 e. The molecule has 0 atom stereocenters. The van der Waals surface area contributed by atoms with Gasteiger partial charge in [0, 0.05) is 30.7 Å². The van der Waals surface area contributed by atoms with Crippen molar-refractivity contribution in [3.8, 4) is 0 Å². The molecular formula is C26H30F3N3O. The number of amides is 2. The van der Waals surface area contributed by atoms with Crippen molar-refractivity contribution >= 4 is 11.7 Å². The summed E-state index contributed by atoms with van der Waals surface area (Å²) in [6, 6.07) is 16.5. The molecule has 0 aliphatic carbocycles. The van der Waals surface area contributed by atoms with E-state index in [0.717, 1.165) is 37.1 Å². The van der Waals surface area contributed by atoms with Gasteiger partial charge >= 0.3 is 12.2 Å². The van der Waals surface area contributed by atoms with Gasteiger partial charge in [-0.1, -0.05) is 49.6 Å². The lowest BCUT2D eigenvalue weighted by Gasteiger charge is -2.24. The molecule has 0 saturated heterocycles. The fourth-order valence-corrected chi connectivity index (χ4v) is 3.70. The molecule has 1 heterocycles. The Morgan fingerprint density at radius 1 is 1.03 bits per heavy atom. The SMILES string of the molecule is CCCCCN(Cc1cccn1Cc1cccc(C)c1)C(=O)Nc1ccc(C(F)(F)F)cc1. The highest BCUT2D eigenvalue weighted by Gasteiger charge is 2.30. The zero-order chi connectivity index (χ0) is 23.8. The molecule has 176 valence electrons. The summed E-state index contributed by atoms with van der Waals surface area (Å²) in [7, 11) is 0. The van der Waals surface area contributed by atoms with Gasteiger partial charge in [-0.15, -0.1) is 0 Å². The number of rotatable bonds is 9. The molecule has 0 spiro atoms. The van der Waals surface area contributed by atoms with E-state index in [4.69, 9.17) is 0 Å². The van der Waals surface area contributed by atoms with Crippen LogP contribution in [0.1, 0.15) is 48.6 Å². The second-order valence-electron chi connectivity index (χ2n) is 8.25. The smallest absolute Gasteiger partial charge is 0.345 e. The van der Waals surface area contributed by atoms with E-state index < -0.39 is 11.7 Å². The third kappa shape index (κ3) is 7.14. The molecule has 33 heavy (non-hydrogen) atoms. The molecule has 0 fully saturated rings. The van der Waals surface area contributed by atoms with Crippen LogP contribution in [0.25, 0.3) is 0 Å².